The molecule has 1 aliphatic rings. The second-order valence-corrected chi connectivity index (χ2v) is 2.33. The van der Waals surface area contributed by atoms with E-state index in [0.29, 0.717) is 5.76 Å². The number of aliphatic hydroxyl groups is 1. The highest BCUT2D eigenvalue weighted by molar-refractivity contribution is 5.11. The summed E-state index contributed by atoms with van der Waals surface area (Å²) in [5.41, 5.74) is 0. The highest BCUT2D eigenvalue weighted by Crippen LogP contribution is 2.06. The van der Waals surface area contributed by atoms with Gasteiger partial charge >= 0.3 is 0 Å². The topological polar surface area (TPSA) is 20.2 Å². The first-order chi connectivity index (χ1) is 5.81. The van der Waals surface area contributed by atoms with Crippen LogP contribution in [0.5, 0.6) is 0 Å². The van der Waals surface area contributed by atoms with Gasteiger partial charge < -0.3 is 5.11 Å². The lowest BCUT2D eigenvalue weighted by Crippen LogP contribution is -1.82. The van der Waals surface area contributed by atoms with E-state index < -0.39 is 0 Å². The van der Waals surface area contributed by atoms with Gasteiger partial charge in [0.25, 0.3) is 0 Å². The Bertz CT molecular complexity index is 123. The first-order valence-corrected chi connectivity index (χ1v) is 4.85. The number of rotatable bonds is 0. The lowest BCUT2D eigenvalue weighted by atomic mass is 10.2. The minimum absolute atomic E-state index is 0.502. The molecule has 0 aromatic heterocycles. The number of allylic oxidation sites excluding steroid dienone is 4. The van der Waals surface area contributed by atoms with Crippen LogP contribution in [0.3, 0.4) is 0 Å². The highest BCUT2D eigenvalue weighted by atomic mass is 16.3. The van der Waals surface area contributed by atoms with Crippen LogP contribution in [-0.4, -0.2) is 5.11 Å². The van der Waals surface area contributed by atoms with Gasteiger partial charge in [0, 0.05) is 6.42 Å². The van der Waals surface area contributed by atoms with Gasteiger partial charge in [0.15, 0.2) is 0 Å². The maximum Gasteiger partial charge on any atom is 0.0925 e. The van der Waals surface area contributed by atoms with E-state index in [1.165, 1.54) is 6.42 Å². The van der Waals surface area contributed by atoms with Crippen LogP contribution in [0.2, 0.25) is 0 Å². The molecular weight excluding hydrogens is 148 g/mol. The molecule has 0 saturated heterocycles. The fourth-order valence-electron chi connectivity index (χ4n) is 0.590. The molecule has 0 aliphatic heterocycles. The predicted molar refractivity (Wildman–Crippen MR) is 56.4 cm³/mol. The fraction of sp³-hybridized carbons (Fsp3) is 0.636. The summed E-state index contributed by atoms with van der Waals surface area (Å²) in [4.78, 5) is 0. The standard InChI is InChI=1S/C6H8O.C3H8.C2H6/c7-6-4-2-1-3-5-6;1-3-2;1-2/h1-2,4,7H,3,5H2;3H2,1-2H3;1-2H3. The average molecular weight is 170 g/mol. The summed E-state index contributed by atoms with van der Waals surface area (Å²) < 4.78 is 0. The van der Waals surface area contributed by atoms with Crippen molar-refractivity contribution in [2.45, 2.75) is 47.0 Å². The van der Waals surface area contributed by atoms with E-state index in [9.17, 15) is 0 Å². The minimum atomic E-state index is 0.502. The van der Waals surface area contributed by atoms with Gasteiger partial charge in [-0.2, -0.15) is 0 Å². The van der Waals surface area contributed by atoms with Crippen LogP contribution in [0, 0.1) is 0 Å². The van der Waals surface area contributed by atoms with Crippen molar-refractivity contribution in [3.63, 3.8) is 0 Å². The van der Waals surface area contributed by atoms with Crippen molar-refractivity contribution in [3.8, 4) is 0 Å². The minimum Gasteiger partial charge on any atom is -0.512 e. The zero-order valence-electron chi connectivity index (χ0n) is 8.80. The van der Waals surface area contributed by atoms with E-state index in [2.05, 4.69) is 13.8 Å². The van der Waals surface area contributed by atoms with Crippen molar-refractivity contribution in [1.29, 1.82) is 0 Å². The summed E-state index contributed by atoms with van der Waals surface area (Å²) in [6.45, 7) is 8.25. The van der Waals surface area contributed by atoms with Crippen molar-refractivity contribution in [3.05, 3.63) is 24.0 Å². The van der Waals surface area contributed by atoms with E-state index in [1.807, 2.05) is 26.0 Å². The molecule has 1 rings (SSSR count). The molecule has 0 saturated carbocycles. The average Bonchev–Trinajstić information content (AvgIpc) is 2.11. The molecule has 1 N–H and O–H groups in total. The maximum absolute atomic E-state index is 8.72. The molecule has 0 bridgehead atoms. The largest absolute Gasteiger partial charge is 0.512 e. The van der Waals surface area contributed by atoms with E-state index in [0.717, 1.165) is 12.8 Å². The normalized spacial score (nSPS) is 13.2. The van der Waals surface area contributed by atoms with E-state index in [1.54, 1.807) is 6.08 Å². The molecule has 0 heterocycles. The molecular formula is C11H22O. The lowest BCUT2D eigenvalue weighted by molar-refractivity contribution is 0.387. The van der Waals surface area contributed by atoms with Gasteiger partial charge in [-0.15, -0.1) is 0 Å². The van der Waals surface area contributed by atoms with Crippen molar-refractivity contribution in [1.82, 2.24) is 0 Å². The Balaban J connectivity index is 0. The summed E-state index contributed by atoms with van der Waals surface area (Å²) in [5.74, 6) is 0.502. The van der Waals surface area contributed by atoms with Gasteiger partial charge in [0.05, 0.1) is 5.76 Å². The molecule has 1 aliphatic carbocycles. The molecule has 1 nitrogen and oxygen atoms in total. The predicted octanol–water partition coefficient (Wildman–Crippen LogP) is 4.22. The van der Waals surface area contributed by atoms with Crippen LogP contribution in [0.4, 0.5) is 0 Å². The van der Waals surface area contributed by atoms with Crippen molar-refractivity contribution >= 4 is 0 Å². The first-order valence-electron chi connectivity index (χ1n) is 4.85. The van der Waals surface area contributed by atoms with Gasteiger partial charge in [0.1, 0.15) is 0 Å². The summed E-state index contributed by atoms with van der Waals surface area (Å²) in [7, 11) is 0. The lowest BCUT2D eigenvalue weighted by Gasteiger charge is -1.97. The SMILES string of the molecule is CC.CCC.OC1=CC=CCC1. The summed E-state index contributed by atoms with van der Waals surface area (Å²) in [5, 5.41) is 8.72. The van der Waals surface area contributed by atoms with Gasteiger partial charge in [0.2, 0.25) is 0 Å². The Morgan fingerprint density at radius 2 is 1.83 bits per heavy atom. The summed E-state index contributed by atoms with van der Waals surface area (Å²) >= 11 is 0. The highest BCUT2D eigenvalue weighted by Gasteiger charge is 1.91. The van der Waals surface area contributed by atoms with E-state index in [4.69, 9.17) is 5.11 Å². The number of hydrogen-bond donors (Lipinski definition) is 1. The van der Waals surface area contributed by atoms with Gasteiger partial charge in [-0.1, -0.05) is 46.3 Å². The van der Waals surface area contributed by atoms with Crippen LogP contribution < -0.4 is 0 Å². The first kappa shape index (κ1) is 13.8. The van der Waals surface area contributed by atoms with Crippen LogP contribution in [-0.2, 0) is 0 Å². The van der Waals surface area contributed by atoms with E-state index in [-0.39, 0.29) is 0 Å². The number of aliphatic hydroxyl groups excluding tert-OH is 1. The van der Waals surface area contributed by atoms with Gasteiger partial charge in [-0.05, 0) is 12.5 Å². The molecule has 72 valence electrons. The third-order valence-corrected chi connectivity index (χ3v) is 0.992. The second kappa shape index (κ2) is 12.9. The van der Waals surface area contributed by atoms with Crippen molar-refractivity contribution < 1.29 is 5.11 Å². The molecule has 0 amide bonds. The third-order valence-electron chi connectivity index (χ3n) is 0.992. The Kier molecular flexibility index (Phi) is 14.9. The van der Waals surface area contributed by atoms with Crippen LogP contribution in [0.15, 0.2) is 24.0 Å². The Labute approximate surface area is 76.8 Å². The molecule has 0 radical (unpaired) electrons. The van der Waals surface area contributed by atoms with Crippen LogP contribution in [0.1, 0.15) is 47.0 Å². The Morgan fingerprint density at radius 1 is 1.33 bits per heavy atom. The Hall–Kier alpha value is -0.720. The van der Waals surface area contributed by atoms with Gasteiger partial charge in [-0.3, -0.25) is 0 Å². The molecule has 0 fully saturated rings. The monoisotopic (exact) mass is 170 g/mol. The number of hydrogen-bond acceptors (Lipinski definition) is 1. The molecule has 0 atom stereocenters. The van der Waals surface area contributed by atoms with E-state index >= 15 is 0 Å². The molecule has 0 unspecified atom stereocenters. The van der Waals surface area contributed by atoms with Crippen molar-refractivity contribution in [2.24, 2.45) is 0 Å². The van der Waals surface area contributed by atoms with Crippen LogP contribution in [0.25, 0.3) is 0 Å². The van der Waals surface area contributed by atoms with Crippen LogP contribution >= 0.6 is 0 Å². The zero-order valence-corrected chi connectivity index (χ0v) is 8.80. The molecule has 0 spiro atoms. The van der Waals surface area contributed by atoms with Crippen molar-refractivity contribution in [2.75, 3.05) is 0 Å². The molecule has 0 aromatic carbocycles. The summed E-state index contributed by atoms with van der Waals surface area (Å²) in [6, 6.07) is 0. The van der Waals surface area contributed by atoms with Gasteiger partial charge in [-0.25, -0.2) is 0 Å². The molecule has 12 heavy (non-hydrogen) atoms. The second-order valence-electron chi connectivity index (χ2n) is 2.33. The maximum atomic E-state index is 8.72. The molecule has 0 aromatic rings. The Morgan fingerprint density at radius 3 is 2.00 bits per heavy atom. The zero-order chi connectivity index (χ0) is 9.82. The summed E-state index contributed by atoms with van der Waals surface area (Å²) in [6.07, 6.45) is 8.70. The quantitative estimate of drug-likeness (QED) is 0.577. The third kappa shape index (κ3) is 12.0. The molecule has 1 heteroatoms. The fourth-order valence-corrected chi connectivity index (χ4v) is 0.590. The smallest absolute Gasteiger partial charge is 0.0925 e.